The molecule has 0 saturated carbocycles. The number of hydrogen-bond donors (Lipinski definition) is 1. The van der Waals surface area contributed by atoms with E-state index in [0.29, 0.717) is 11.1 Å². The third-order valence-corrected chi connectivity index (χ3v) is 4.28. The minimum atomic E-state index is -1.27. The van der Waals surface area contributed by atoms with Crippen LogP contribution in [-0.2, 0) is 9.73 Å². The number of carboxylic acid groups (broad SMARTS) is 1. The van der Waals surface area contributed by atoms with Crippen molar-refractivity contribution in [2.75, 3.05) is 6.54 Å². The normalized spacial score (nSPS) is 24.6. The van der Waals surface area contributed by atoms with Gasteiger partial charge in [0.25, 0.3) is 0 Å². The molecule has 0 bridgehead atoms. The van der Waals surface area contributed by atoms with E-state index in [4.69, 9.17) is 27.9 Å². The minimum Gasteiger partial charge on any atom is -0.465 e. The summed E-state index contributed by atoms with van der Waals surface area (Å²) in [5.74, 6) is -0.473. The fraction of sp³-hybridized carbons (Fsp3) is 0.467. The van der Waals surface area contributed by atoms with E-state index in [0.717, 1.165) is 4.90 Å². The Morgan fingerprint density at radius 2 is 2.14 bits per heavy atom. The van der Waals surface area contributed by atoms with Gasteiger partial charge in [0.15, 0.2) is 0 Å². The third kappa shape index (κ3) is 3.31. The van der Waals surface area contributed by atoms with E-state index in [1.54, 1.807) is 38.1 Å². The second-order valence-corrected chi connectivity index (χ2v) is 6.73. The van der Waals surface area contributed by atoms with E-state index in [1.165, 1.54) is 0 Å². The van der Waals surface area contributed by atoms with Gasteiger partial charge in [-0.05, 0) is 31.5 Å². The fourth-order valence-electron chi connectivity index (χ4n) is 2.48. The molecule has 2 unspecified atom stereocenters. The maximum absolute atomic E-state index is 12.0. The average molecular weight is 346 g/mol. The van der Waals surface area contributed by atoms with Gasteiger partial charge < -0.3 is 9.84 Å². The highest BCUT2D eigenvalue weighted by Crippen LogP contribution is 2.44. The second-order valence-electron chi connectivity index (χ2n) is 5.49. The smallest absolute Gasteiger partial charge is 0.409 e. The summed E-state index contributed by atoms with van der Waals surface area (Å²) in [5.41, 5.74) is 0.840. The summed E-state index contributed by atoms with van der Waals surface area (Å²) >= 11 is 12.6. The van der Waals surface area contributed by atoms with Crippen molar-refractivity contribution in [1.82, 2.24) is 4.90 Å². The number of esters is 1. The Kier molecular flexibility index (Phi) is 4.87. The molecule has 2 atom stereocenters. The van der Waals surface area contributed by atoms with Crippen molar-refractivity contribution in [2.24, 2.45) is 0 Å². The molecular weight excluding hydrogens is 329 g/mol. The van der Waals surface area contributed by atoms with Crippen LogP contribution in [0.15, 0.2) is 24.3 Å². The van der Waals surface area contributed by atoms with Gasteiger partial charge in [-0.3, -0.25) is 4.90 Å². The van der Waals surface area contributed by atoms with Crippen LogP contribution in [0.2, 0.25) is 0 Å². The van der Waals surface area contributed by atoms with E-state index in [1.807, 2.05) is 0 Å². The van der Waals surface area contributed by atoms with E-state index >= 15 is 0 Å². The second kappa shape index (κ2) is 6.34. The standard InChI is InChI=1S/C15H17Cl2NO4/c1-9(2)22-13(19)10-4-3-5-11(6-10)15(17)7-12(16)8-18(15)14(20)21/h3-6,9,12H,7-8H2,1-2H3,(H,20,21). The lowest BCUT2D eigenvalue weighted by atomic mass is 10.0. The number of benzene rings is 1. The number of carbonyl (C=O) groups excluding carboxylic acids is 1. The van der Waals surface area contributed by atoms with E-state index in [2.05, 4.69) is 0 Å². The van der Waals surface area contributed by atoms with Crippen LogP contribution in [0.1, 0.15) is 36.2 Å². The molecule has 1 N–H and O–H groups in total. The zero-order valence-electron chi connectivity index (χ0n) is 12.3. The molecule has 0 spiro atoms. The van der Waals surface area contributed by atoms with Gasteiger partial charge in [0.1, 0.15) is 5.00 Å². The maximum atomic E-state index is 12.0. The van der Waals surface area contributed by atoms with Gasteiger partial charge in [-0.15, -0.1) is 11.6 Å². The van der Waals surface area contributed by atoms with Crippen LogP contribution >= 0.6 is 23.2 Å². The molecule has 1 fully saturated rings. The van der Waals surface area contributed by atoms with Gasteiger partial charge in [-0.25, -0.2) is 9.59 Å². The Morgan fingerprint density at radius 3 is 2.73 bits per heavy atom. The highest BCUT2D eigenvalue weighted by atomic mass is 35.5. The van der Waals surface area contributed by atoms with Crippen molar-refractivity contribution >= 4 is 35.3 Å². The first kappa shape index (κ1) is 16.9. The summed E-state index contributed by atoms with van der Waals surface area (Å²) in [6.45, 7) is 3.65. The van der Waals surface area contributed by atoms with Crippen molar-refractivity contribution in [1.29, 1.82) is 0 Å². The van der Waals surface area contributed by atoms with E-state index < -0.39 is 17.1 Å². The molecule has 1 aliphatic heterocycles. The first-order valence-corrected chi connectivity index (χ1v) is 7.70. The van der Waals surface area contributed by atoms with Crippen LogP contribution in [0, 0.1) is 0 Å². The lowest BCUT2D eigenvalue weighted by Crippen LogP contribution is -2.40. The molecule has 120 valence electrons. The summed E-state index contributed by atoms with van der Waals surface area (Å²) in [6, 6.07) is 6.50. The molecule has 0 radical (unpaired) electrons. The molecule has 1 saturated heterocycles. The van der Waals surface area contributed by atoms with Crippen molar-refractivity contribution in [3.05, 3.63) is 35.4 Å². The zero-order valence-corrected chi connectivity index (χ0v) is 13.8. The van der Waals surface area contributed by atoms with Crippen LogP contribution in [0.5, 0.6) is 0 Å². The number of nitrogens with zero attached hydrogens (tertiary/aromatic N) is 1. The van der Waals surface area contributed by atoms with Gasteiger partial charge in [-0.2, -0.15) is 0 Å². The quantitative estimate of drug-likeness (QED) is 0.516. The van der Waals surface area contributed by atoms with E-state index in [9.17, 15) is 14.7 Å². The Labute approximate surface area is 138 Å². The summed E-state index contributed by atoms with van der Waals surface area (Å²) in [4.78, 5) is 23.2. The predicted molar refractivity (Wildman–Crippen MR) is 83.5 cm³/mol. The Hall–Kier alpha value is -1.46. The highest BCUT2D eigenvalue weighted by Gasteiger charge is 2.48. The molecule has 1 aromatic rings. The number of amides is 1. The molecule has 1 aromatic carbocycles. The maximum Gasteiger partial charge on any atom is 0.409 e. The molecule has 1 heterocycles. The van der Waals surface area contributed by atoms with Gasteiger partial charge in [0, 0.05) is 13.0 Å². The Bertz CT molecular complexity index is 593. The predicted octanol–water partition coefficient (Wildman–Crippen LogP) is 3.63. The molecular formula is C15H17Cl2NO4. The number of alkyl halides is 2. The third-order valence-electron chi connectivity index (χ3n) is 3.41. The van der Waals surface area contributed by atoms with Gasteiger partial charge in [0.05, 0.1) is 17.0 Å². The van der Waals surface area contributed by atoms with Crippen LogP contribution in [0.3, 0.4) is 0 Å². The average Bonchev–Trinajstić information content (AvgIpc) is 2.75. The lowest BCUT2D eigenvalue weighted by Gasteiger charge is -2.31. The summed E-state index contributed by atoms with van der Waals surface area (Å²) < 4.78 is 5.14. The van der Waals surface area contributed by atoms with Gasteiger partial charge >= 0.3 is 12.1 Å². The number of likely N-dealkylation sites (tertiary alicyclic amines) is 1. The largest absolute Gasteiger partial charge is 0.465 e. The molecule has 1 amide bonds. The fourth-order valence-corrected chi connectivity index (χ4v) is 3.37. The summed E-state index contributed by atoms with van der Waals surface area (Å²) in [6.07, 6.45) is -1.12. The van der Waals surface area contributed by atoms with Crippen LogP contribution < -0.4 is 0 Å². The van der Waals surface area contributed by atoms with Crippen molar-refractivity contribution in [2.45, 2.75) is 36.7 Å². The van der Waals surface area contributed by atoms with Crippen LogP contribution in [-0.4, -0.2) is 40.1 Å². The number of carbonyl (C=O) groups is 2. The zero-order chi connectivity index (χ0) is 16.5. The molecule has 0 aromatic heterocycles. The van der Waals surface area contributed by atoms with E-state index in [-0.39, 0.29) is 24.4 Å². The molecule has 0 aliphatic carbocycles. The summed E-state index contributed by atoms with van der Waals surface area (Å²) in [5, 5.41) is 8.94. The lowest BCUT2D eigenvalue weighted by molar-refractivity contribution is 0.0377. The molecule has 2 rings (SSSR count). The minimum absolute atomic E-state index is 0.140. The van der Waals surface area contributed by atoms with Crippen molar-refractivity contribution in [3.63, 3.8) is 0 Å². The number of ether oxygens (including phenoxy) is 1. The SMILES string of the molecule is CC(C)OC(=O)c1cccc(C2(Cl)CC(Cl)CN2C(=O)O)c1. The van der Waals surface area contributed by atoms with Gasteiger partial charge in [-0.1, -0.05) is 23.7 Å². The molecule has 22 heavy (non-hydrogen) atoms. The number of hydrogen-bond acceptors (Lipinski definition) is 3. The molecule has 1 aliphatic rings. The Balaban J connectivity index is 2.36. The topological polar surface area (TPSA) is 66.8 Å². The number of halogens is 2. The van der Waals surface area contributed by atoms with Gasteiger partial charge in [0.2, 0.25) is 0 Å². The first-order chi connectivity index (χ1) is 10.2. The Morgan fingerprint density at radius 1 is 1.45 bits per heavy atom. The number of rotatable bonds is 3. The highest BCUT2D eigenvalue weighted by molar-refractivity contribution is 6.27. The van der Waals surface area contributed by atoms with Crippen LogP contribution in [0.4, 0.5) is 4.79 Å². The molecule has 7 heteroatoms. The molecule has 5 nitrogen and oxygen atoms in total. The van der Waals surface area contributed by atoms with Crippen LogP contribution in [0.25, 0.3) is 0 Å². The van der Waals surface area contributed by atoms with Crippen molar-refractivity contribution < 1.29 is 19.4 Å². The summed E-state index contributed by atoms with van der Waals surface area (Å²) in [7, 11) is 0. The monoisotopic (exact) mass is 345 g/mol. The van der Waals surface area contributed by atoms with Crippen molar-refractivity contribution in [3.8, 4) is 0 Å². The first-order valence-electron chi connectivity index (χ1n) is 6.89.